The van der Waals surface area contributed by atoms with Crippen molar-refractivity contribution in [2.45, 2.75) is 24.8 Å². The van der Waals surface area contributed by atoms with E-state index in [-0.39, 0.29) is 34.9 Å². The SMILES string of the molecule is C=CCNS(=O)(=O)c1cccc(C(=O)N[C@@H](c2ccc(OC)cc2)C(C)C)c1. The second-order valence-electron chi connectivity index (χ2n) is 6.64. The van der Waals surface area contributed by atoms with Crippen LogP contribution >= 0.6 is 0 Å². The van der Waals surface area contributed by atoms with Crippen LogP contribution in [-0.4, -0.2) is 28.0 Å². The lowest BCUT2D eigenvalue weighted by atomic mass is 9.95. The van der Waals surface area contributed by atoms with E-state index in [0.717, 1.165) is 11.3 Å². The number of hydrogen-bond acceptors (Lipinski definition) is 4. The van der Waals surface area contributed by atoms with Gasteiger partial charge in [-0.2, -0.15) is 0 Å². The molecule has 1 amide bonds. The minimum atomic E-state index is -3.70. The number of rotatable bonds is 9. The third-order valence-electron chi connectivity index (χ3n) is 4.25. The van der Waals surface area contributed by atoms with Crippen LogP contribution in [-0.2, 0) is 10.0 Å². The van der Waals surface area contributed by atoms with E-state index in [1.807, 2.05) is 38.1 Å². The molecular weight excluding hydrogens is 376 g/mol. The Morgan fingerprint density at radius 3 is 2.43 bits per heavy atom. The van der Waals surface area contributed by atoms with Gasteiger partial charge in [-0.25, -0.2) is 13.1 Å². The fourth-order valence-electron chi connectivity index (χ4n) is 2.73. The van der Waals surface area contributed by atoms with E-state index in [4.69, 9.17) is 4.74 Å². The Morgan fingerprint density at radius 1 is 1.18 bits per heavy atom. The Hall–Kier alpha value is -2.64. The van der Waals surface area contributed by atoms with Gasteiger partial charge >= 0.3 is 0 Å². The Bertz CT molecular complexity index is 922. The van der Waals surface area contributed by atoms with Crippen LogP contribution in [0.1, 0.15) is 35.8 Å². The first-order chi connectivity index (χ1) is 13.3. The summed E-state index contributed by atoms with van der Waals surface area (Å²) in [5.41, 5.74) is 1.22. The highest BCUT2D eigenvalue weighted by molar-refractivity contribution is 7.89. The van der Waals surface area contributed by atoms with Crippen molar-refractivity contribution < 1.29 is 17.9 Å². The topological polar surface area (TPSA) is 84.5 Å². The molecule has 0 fully saturated rings. The molecule has 150 valence electrons. The van der Waals surface area contributed by atoms with Gasteiger partial charge in [-0.05, 0) is 41.8 Å². The zero-order valence-electron chi connectivity index (χ0n) is 16.3. The number of carbonyl (C=O) groups excluding carboxylic acids is 1. The van der Waals surface area contributed by atoms with E-state index in [9.17, 15) is 13.2 Å². The maximum Gasteiger partial charge on any atom is 0.251 e. The van der Waals surface area contributed by atoms with E-state index < -0.39 is 10.0 Å². The summed E-state index contributed by atoms with van der Waals surface area (Å²) in [6, 6.07) is 13.2. The van der Waals surface area contributed by atoms with Gasteiger partial charge in [-0.3, -0.25) is 4.79 Å². The van der Waals surface area contributed by atoms with Gasteiger partial charge in [0.05, 0.1) is 18.0 Å². The Morgan fingerprint density at radius 2 is 1.86 bits per heavy atom. The molecule has 2 aromatic carbocycles. The van der Waals surface area contributed by atoms with Crippen LogP contribution in [0.3, 0.4) is 0 Å². The lowest BCUT2D eigenvalue weighted by Gasteiger charge is -2.23. The number of methoxy groups -OCH3 is 1. The number of sulfonamides is 1. The molecule has 0 saturated heterocycles. The van der Waals surface area contributed by atoms with Gasteiger partial charge in [0.25, 0.3) is 5.91 Å². The number of amides is 1. The molecule has 2 N–H and O–H groups in total. The van der Waals surface area contributed by atoms with Crippen molar-refractivity contribution in [2.75, 3.05) is 13.7 Å². The molecule has 0 radical (unpaired) electrons. The van der Waals surface area contributed by atoms with Crippen molar-refractivity contribution >= 4 is 15.9 Å². The van der Waals surface area contributed by atoms with Gasteiger partial charge in [-0.1, -0.05) is 38.1 Å². The van der Waals surface area contributed by atoms with Crippen LogP contribution in [0.15, 0.2) is 66.1 Å². The predicted octanol–water partition coefficient (Wildman–Crippen LogP) is 3.29. The second kappa shape index (κ2) is 9.52. The minimum absolute atomic E-state index is 0.0348. The smallest absolute Gasteiger partial charge is 0.251 e. The summed E-state index contributed by atoms with van der Waals surface area (Å²) in [6.45, 7) is 7.63. The number of hydrogen-bond donors (Lipinski definition) is 2. The van der Waals surface area contributed by atoms with Crippen molar-refractivity contribution in [3.63, 3.8) is 0 Å². The largest absolute Gasteiger partial charge is 0.497 e. The first-order valence-electron chi connectivity index (χ1n) is 8.94. The fraction of sp³-hybridized carbons (Fsp3) is 0.286. The highest BCUT2D eigenvalue weighted by Gasteiger charge is 2.21. The van der Waals surface area contributed by atoms with Gasteiger partial charge < -0.3 is 10.1 Å². The van der Waals surface area contributed by atoms with Gasteiger partial charge in [0.15, 0.2) is 0 Å². The molecule has 0 aliphatic rings. The Balaban J connectivity index is 2.24. The molecule has 0 unspecified atom stereocenters. The first-order valence-corrected chi connectivity index (χ1v) is 10.4. The highest BCUT2D eigenvalue weighted by atomic mass is 32.2. The lowest BCUT2D eigenvalue weighted by Crippen LogP contribution is -2.32. The van der Waals surface area contributed by atoms with Crippen molar-refractivity contribution in [2.24, 2.45) is 5.92 Å². The van der Waals surface area contributed by atoms with Crippen LogP contribution in [0.25, 0.3) is 0 Å². The average Bonchev–Trinajstić information content (AvgIpc) is 2.70. The molecule has 7 heteroatoms. The third-order valence-corrected chi connectivity index (χ3v) is 5.67. The van der Waals surface area contributed by atoms with Crippen LogP contribution in [0.5, 0.6) is 5.75 Å². The van der Waals surface area contributed by atoms with Crippen LogP contribution in [0.4, 0.5) is 0 Å². The maximum absolute atomic E-state index is 12.8. The predicted molar refractivity (Wildman–Crippen MR) is 110 cm³/mol. The van der Waals surface area contributed by atoms with Crippen molar-refractivity contribution in [1.29, 1.82) is 0 Å². The summed E-state index contributed by atoms with van der Waals surface area (Å²) >= 11 is 0. The van der Waals surface area contributed by atoms with Gasteiger partial charge in [0.1, 0.15) is 5.75 Å². The Labute approximate surface area is 166 Å². The van der Waals surface area contributed by atoms with E-state index in [1.54, 1.807) is 19.2 Å². The minimum Gasteiger partial charge on any atom is -0.497 e. The van der Waals surface area contributed by atoms with Crippen molar-refractivity contribution in [3.8, 4) is 5.75 Å². The van der Waals surface area contributed by atoms with E-state index in [0.29, 0.717) is 0 Å². The van der Waals surface area contributed by atoms with E-state index in [2.05, 4.69) is 16.6 Å². The van der Waals surface area contributed by atoms with Crippen molar-refractivity contribution in [3.05, 3.63) is 72.3 Å². The summed E-state index contributed by atoms with van der Waals surface area (Å²) in [5.74, 6) is 0.538. The van der Waals surface area contributed by atoms with E-state index >= 15 is 0 Å². The van der Waals surface area contributed by atoms with Crippen LogP contribution in [0, 0.1) is 5.92 Å². The van der Waals surface area contributed by atoms with E-state index in [1.165, 1.54) is 18.2 Å². The highest BCUT2D eigenvalue weighted by Crippen LogP contribution is 2.24. The lowest BCUT2D eigenvalue weighted by molar-refractivity contribution is 0.0925. The van der Waals surface area contributed by atoms with Crippen LogP contribution < -0.4 is 14.8 Å². The quantitative estimate of drug-likeness (QED) is 0.631. The molecule has 0 saturated carbocycles. The average molecular weight is 403 g/mol. The summed E-state index contributed by atoms with van der Waals surface area (Å²) in [6.07, 6.45) is 1.45. The fourth-order valence-corrected chi connectivity index (χ4v) is 3.77. The summed E-state index contributed by atoms with van der Waals surface area (Å²) < 4.78 is 32.1. The van der Waals surface area contributed by atoms with Crippen LogP contribution in [0.2, 0.25) is 0 Å². The number of carbonyl (C=O) groups is 1. The Kier molecular flexibility index (Phi) is 7.37. The maximum atomic E-state index is 12.8. The monoisotopic (exact) mass is 402 g/mol. The van der Waals surface area contributed by atoms with Gasteiger partial charge in [0, 0.05) is 12.1 Å². The number of nitrogens with one attached hydrogen (secondary N) is 2. The number of ether oxygens (including phenoxy) is 1. The zero-order valence-corrected chi connectivity index (χ0v) is 17.1. The molecule has 1 atom stereocenters. The van der Waals surface area contributed by atoms with Crippen molar-refractivity contribution in [1.82, 2.24) is 10.0 Å². The summed E-state index contributed by atoms with van der Waals surface area (Å²) in [7, 11) is -2.10. The molecule has 0 bridgehead atoms. The normalized spacial score (nSPS) is 12.4. The first kappa shape index (κ1) is 21.7. The molecule has 28 heavy (non-hydrogen) atoms. The summed E-state index contributed by atoms with van der Waals surface area (Å²) in [5, 5.41) is 3.00. The molecule has 2 aromatic rings. The molecule has 0 aliphatic heterocycles. The number of benzene rings is 2. The molecular formula is C21H26N2O4S. The second-order valence-corrected chi connectivity index (χ2v) is 8.40. The molecule has 0 heterocycles. The standard InChI is InChI=1S/C21H26N2O4S/c1-5-13-22-28(25,26)19-8-6-7-17(14-19)21(24)23-20(15(2)3)16-9-11-18(27-4)12-10-16/h5-12,14-15,20,22H,1,13H2,2-4H3,(H,23,24)/t20-/m1/s1. The molecule has 0 spiro atoms. The third kappa shape index (κ3) is 5.43. The molecule has 0 aromatic heterocycles. The zero-order chi connectivity index (χ0) is 20.7. The van der Waals surface area contributed by atoms with Gasteiger partial charge in [-0.15, -0.1) is 6.58 Å². The molecule has 6 nitrogen and oxygen atoms in total. The molecule has 0 aliphatic carbocycles. The van der Waals surface area contributed by atoms with Gasteiger partial charge in [0.2, 0.25) is 10.0 Å². The molecule has 2 rings (SSSR count). The summed E-state index contributed by atoms with van der Waals surface area (Å²) in [4.78, 5) is 12.8.